The zero-order valence-electron chi connectivity index (χ0n) is 11.7. The lowest BCUT2D eigenvalue weighted by Crippen LogP contribution is -2.39. The molecule has 1 fully saturated rings. The van der Waals surface area contributed by atoms with Crippen molar-refractivity contribution in [3.63, 3.8) is 0 Å². The van der Waals surface area contributed by atoms with Crippen molar-refractivity contribution in [2.24, 2.45) is 0 Å². The van der Waals surface area contributed by atoms with Crippen molar-refractivity contribution in [1.82, 2.24) is 5.32 Å². The molecule has 1 N–H and O–H groups in total. The van der Waals surface area contributed by atoms with E-state index in [0.29, 0.717) is 0 Å². The van der Waals surface area contributed by atoms with Crippen LogP contribution < -0.4 is 5.32 Å². The van der Waals surface area contributed by atoms with Crippen LogP contribution >= 0.6 is 0 Å². The zero-order valence-corrected chi connectivity index (χ0v) is 12.6. The van der Waals surface area contributed by atoms with Gasteiger partial charge in [-0.05, 0) is 42.7 Å². The lowest BCUT2D eigenvalue weighted by Gasteiger charge is -2.13. The average molecular weight is 303 g/mol. The Labute approximate surface area is 124 Å². The highest BCUT2D eigenvalue weighted by molar-refractivity contribution is 7.92. The summed E-state index contributed by atoms with van der Waals surface area (Å²) in [4.78, 5) is 12.2. The second-order valence-corrected chi connectivity index (χ2v) is 7.75. The van der Waals surface area contributed by atoms with Crippen LogP contribution in [0.4, 0.5) is 0 Å². The van der Waals surface area contributed by atoms with Gasteiger partial charge in [0.05, 0.1) is 4.90 Å². The van der Waals surface area contributed by atoms with Crippen LogP contribution in [0.2, 0.25) is 0 Å². The Morgan fingerprint density at radius 1 is 1.14 bits per heavy atom. The molecule has 3 rings (SSSR count). The lowest BCUT2D eigenvalue weighted by atomic mass is 10.1. The number of rotatable bonds is 4. The Bertz CT molecular complexity index is 794. The van der Waals surface area contributed by atoms with Gasteiger partial charge in [0.1, 0.15) is 5.25 Å². The third kappa shape index (κ3) is 2.78. The third-order valence-electron chi connectivity index (χ3n) is 3.81. The van der Waals surface area contributed by atoms with E-state index in [1.165, 1.54) is 6.92 Å². The van der Waals surface area contributed by atoms with E-state index in [1.807, 2.05) is 24.3 Å². The molecule has 0 heterocycles. The van der Waals surface area contributed by atoms with E-state index in [1.54, 1.807) is 18.2 Å². The summed E-state index contributed by atoms with van der Waals surface area (Å²) >= 11 is 0. The van der Waals surface area contributed by atoms with Crippen LogP contribution in [-0.4, -0.2) is 25.6 Å². The van der Waals surface area contributed by atoms with E-state index < -0.39 is 21.0 Å². The molecule has 0 saturated heterocycles. The second-order valence-electron chi connectivity index (χ2n) is 5.48. The largest absolute Gasteiger partial charge is 0.352 e. The van der Waals surface area contributed by atoms with Gasteiger partial charge in [-0.15, -0.1) is 0 Å². The molecule has 1 amide bonds. The first-order valence-corrected chi connectivity index (χ1v) is 8.56. The first-order chi connectivity index (χ1) is 9.98. The predicted molar refractivity (Wildman–Crippen MR) is 81.8 cm³/mol. The summed E-state index contributed by atoms with van der Waals surface area (Å²) in [7, 11) is -3.66. The smallest absolute Gasteiger partial charge is 0.238 e. The number of hydrogen-bond donors (Lipinski definition) is 1. The maximum Gasteiger partial charge on any atom is 0.238 e. The van der Waals surface area contributed by atoms with Crippen molar-refractivity contribution in [3.8, 4) is 0 Å². The van der Waals surface area contributed by atoms with E-state index in [2.05, 4.69) is 5.32 Å². The number of hydrogen-bond acceptors (Lipinski definition) is 3. The Balaban J connectivity index is 1.92. The van der Waals surface area contributed by atoms with Gasteiger partial charge in [0, 0.05) is 6.04 Å². The summed E-state index contributed by atoms with van der Waals surface area (Å²) < 4.78 is 25.1. The zero-order chi connectivity index (χ0) is 15.0. The summed E-state index contributed by atoms with van der Waals surface area (Å²) in [6, 6.07) is 12.7. The van der Waals surface area contributed by atoms with Gasteiger partial charge < -0.3 is 5.32 Å². The number of carbonyl (C=O) groups excluding carboxylic acids is 1. The van der Waals surface area contributed by atoms with Crippen LogP contribution in [0.25, 0.3) is 10.8 Å². The first-order valence-electron chi connectivity index (χ1n) is 7.01. The monoisotopic (exact) mass is 303 g/mol. The third-order valence-corrected chi connectivity index (χ3v) is 5.86. The van der Waals surface area contributed by atoms with Gasteiger partial charge in [0.15, 0.2) is 9.84 Å². The van der Waals surface area contributed by atoms with Gasteiger partial charge in [-0.25, -0.2) is 8.42 Å². The minimum Gasteiger partial charge on any atom is -0.352 e. The average Bonchev–Trinajstić information content (AvgIpc) is 3.29. The van der Waals surface area contributed by atoms with Gasteiger partial charge in [-0.3, -0.25) is 4.79 Å². The van der Waals surface area contributed by atoms with Crippen molar-refractivity contribution in [3.05, 3.63) is 42.5 Å². The predicted octanol–water partition coefficient (Wildman–Crippen LogP) is 2.28. The highest BCUT2D eigenvalue weighted by Crippen LogP contribution is 2.24. The number of carbonyl (C=O) groups is 1. The summed E-state index contributed by atoms with van der Waals surface area (Å²) in [6.07, 6.45) is 1.88. The van der Waals surface area contributed by atoms with E-state index in [-0.39, 0.29) is 10.9 Å². The van der Waals surface area contributed by atoms with Gasteiger partial charge in [0.2, 0.25) is 5.91 Å². The SMILES string of the molecule is C[C@@H](C(=O)NC1CC1)S(=O)(=O)c1ccc2ccccc2c1. The molecule has 0 unspecified atom stereocenters. The minimum atomic E-state index is -3.66. The molecular weight excluding hydrogens is 286 g/mol. The van der Waals surface area contributed by atoms with Gasteiger partial charge in [-0.2, -0.15) is 0 Å². The molecule has 0 radical (unpaired) electrons. The molecular formula is C16H17NO3S. The summed E-state index contributed by atoms with van der Waals surface area (Å²) in [5, 5.41) is 3.51. The highest BCUT2D eigenvalue weighted by Gasteiger charge is 2.33. The Morgan fingerprint density at radius 3 is 2.48 bits per heavy atom. The number of sulfone groups is 1. The van der Waals surface area contributed by atoms with Gasteiger partial charge in [0.25, 0.3) is 0 Å². The number of amides is 1. The van der Waals surface area contributed by atoms with Crippen LogP contribution in [-0.2, 0) is 14.6 Å². The second kappa shape index (κ2) is 5.15. The van der Waals surface area contributed by atoms with Crippen molar-refractivity contribution >= 4 is 26.5 Å². The highest BCUT2D eigenvalue weighted by atomic mass is 32.2. The summed E-state index contributed by atoms with van der Waals surface area (Å²) in [5.41, 5.74) is 0. The number of benzene rings is 2. The fourth-order valence-corrected chi connectivity index (χ4v) is 3.54. The van der Waals surface area contributed by atoms with Crippen LogP contribution in [0.1, 0.15) is 19.8 Å². The molecule has 5 heteroatoms. The van der Waals surface area contributed by atoms with Crippen molar-refractivity contribution < 1.29 is 13.2 Å². The molecule has 1 saturated carbocycles. The number of fused-ring (bicyclic) bond motifs is 1. The molecule has 4 nitrogen and oxygen atoms in total. The Hall–Kier alpha value is -1.88. The molecule has 2 aromatic rings. The van der Waals surface area contributed by atoms with Crippen LogP contribution in [0.15, 0.2) is 47.4 Å². The summed E-state index contributed by atoms with van der Waals surface area (Å²) in [6.45, 7) is 1.45. The van der Waals surface area contributed by atoms with E-state index in [0.717, 1.165) is 23.6 Å². The van der Waals surface area contributed by atoms with E-state index in [4.69, 9.17) is 0 Å². The maximum atomic E-state index is 12.6. The van der Waals surface area contributed by atoms with Gasteiger partial charge >= 0.3 is 0 Å². The van der Waals surface area contributed by atoms with E-state index >= 15 is 0 Å². The van der Waals surface area contributed by atoms with Crippen molar-refractivity contribution in [2.45, 2.75) is 36.0 Å². The van der Waals surface area contributed by atoms with Crippen LogP contribution in [0.5, 0.6) is 0 Å². The normalized spacial score (nSPS) is 16.6. The Morgan fingerprint density at radius 2 is 1.81 bits per heavy atom. The molecule has 1 aliphatic carbocycles. The standard InChI is InChI=1S/C16H17NO3S/c1-11(16(18)17-14-7-8-14)21(19,20)15-9-6-12-4-2-3-5-13(12)10-15/h2-6,9-11,14H,7-8H2,1H3,(H,17,18)/t11-/m0/s1. The number of nitrogens with one attached hydrogen (secondary N) is 1. The van der Waals surface area contributed by atoms with Gasteiger partial charge in [-0.1, -0.05) is 30.3 Å². The Kier molecular flexibility index (Phi) is 3.45. The summed E-state index contributed by atoms with van der Waals surface area (Å²) in [5.74, 6) is -0.411. The maximum absolute atomic E-state index is 12.6. The molecule has 2 aromatic carbocycles. The molecule has 0 aromatic heterocycles. The quantitative estimate of drug-likeness (QED) is 0.942. The minimum absolute atomic E-state index is 0.159. The van der Waals surface area contributed by atoms with Crippen molar-refractivity contribution in [2.75, 3.05) is 0 Å². The van der Waals surface area contributed by atoms with Crippen LogP contribution in [0, 0.1) is 0 Å². The molecule has 110 valence electrons. The fourth-order valence-electron chi connectivity index (χ4n) is 2.24. The molecule has 0 aliphatic heterocycles. The molecule has 0 spiro atoms. The topological polar surface area (TPSA) is 63.2 Å². The lowest BCUT2D eigenvalue weighted by molar-refractivity contribution is -0.120. The molecule has 1 aliphatic rings. The van der Waals surface area contributed by atoms with Crippen LogP contribution in [0.3, 0.4) is 0 Å². The fraction of sp³-hybridized carbons (Fsp3) is 0.312. The molecule has 0 bridgehead atoms. The first kappa shape index (κ1) is 14.1. The molecule has 21 heavy (non-hydrogen) atoms. The van der Waals surface area contributed by atoms with E-state index in [9.17, 15) is 13.2 Å². The molecule has 1 atom stereocenters. The van der Waals surface area contributed by atoms with Crippen molar-refractivity contribution in [1.29, 1.82) is 0 Å².